The Morgan fingerprint density at radius 2 is 2.29 bits per heavy atom. The standard InChI is InChI=1S/C10H10FNO2/c11-5-3-7-6(1-2-9(7)12)8(4-5)10(13)14/h3-4,9H,1-2,12H2,(H,13,14)/t9-/m0/s1. The van der Waals surface area contributed by atoms with E-state index < -0.39 is 11.8 Å². The van der Waals surface area contributed by atoms with Gasteiger partial charge >= 0.3 is 5.97 Å². The fourth-order valence-electron chi connectivity index (χ4n) is 1.91. The zero-order valence-electron chi connectivity index (χ0n) is 7.46. The average Bonchev–Trinajstić information content (AvgIpc) is 2.47. The van der Waals surface area contributed by atoms with E-state index >= 15 is 0 Å². The van der Waals surface area contributed by atoms with E-state index in [1.165, 1.54) is 6.07 Å². The van der Waals surface area contributed by atoms with E-state index in [0.29, 0.717) is 24.0 Å². The monoisotopic (exact) mass is 195 g/mol. The van der Waals surface area contributed by atoms with Gasteiger partial charge < -0.3 is 10.8 Å². The van der Waals surface area contributed by atoms with Crippen molar-refractivity contribution in [2.75, 3.05) is 0 Å². The smallest absolute Gasteiger partial charge is 0.336 e. The van der Waals surface area contributed by atoms with Crippen LogP contribution in [0, 0.1) is 5.82 Å². The van der Waals surface area contributed by atoms with E-state index in [4.69, 9.17) is 10.8 Å². The summed E-state index contributed by atoms with van der Waals surface area (Å²) in [6.45, 7) is 0. The van der Waals surface area contributed by atoms with E-state index in [9.17, 15) is 9.18 Å². The second-order valence-corrected chi connectivity index (χ2v) is 3.47. The quantitative estimate of drug-likeness (QED) is 0.713. The van der Waals surface area contributed by atoms with E-state index in [-0.39, 0.29) is 11.6 Å². The molecule has 3 nitrogen and oxygen atoms in total. The zero-order chi connectivity index (χ0) is 10.3. The van der Waals surface area contributed by atoms with Crippen LogP contribution in [0.5, 0.6) is 0 Å². The van der Waals surface area contributed by atoms with Crippen LogP contribution in [0.15, 0.2) is 12.1 Å². The molecule has 2 rings (SSSR count). The molecule has 0 amide bonds. The number of carboxylic acids is 1. The molecule has 0 saturated carbocycles. The van der Waals surface area contributed by atoms with Crippen molar-refractivity contribution < 1.29 is 14.3 Å². The van der Waals surface area contributed by atoms with Crippen LogP contribution in [0.4, 0.5) is 4.39 Å². The van der Waals surface area contributed by atoms with Crippen molar-refractivity contribution in [3.63, 3.8) is 0 Å². The first-order valence-electron chi connectivity index (χ1n) is 4.41. The molecule has 0 unspecified atom stereocenters. The summed E-state index contributed by atoms with van der Waals surface area (Å²) in [5, 5.41) is 8.85. The first-order valence-corrected chi connectivity index (χ1v) is 4.41. The molecular weight excluding hydrogens is 185 g/mol. The molecule has 0 fully saturated rings. The Labute approximate surface area is 80.3 Å². The molecule has 0 bridgehead atoms. The third-order valence-corrected chi connectivity index (χ3v) is 2.58. The minimum absolute atomic E-state index is 0.0490. The summed E-state index contributed by atoms with van der Waals surface area (Å²) in [5.41, 5.74) is 7.10. The third-order valence-electron chi connectivity index (χ3n) is 2.58. The van der Waals surface area contributed by atoms with Crippen molar-refractivity contribution in [3.05, 3.63) is 34.6 Å². The summed E-state index contributed by atoms with van der Waals surface area (Å²) in [7, 11) is 0. The first kappa shape index (κ1) is 9.15. The zero-order valence-corrected chi connectivity index (χ0v) is 7.46. The molecular formula is C10H10FNO2. The van der Waals surface area contributed by atoms with Crippen LogP contribution < -0.4 is 5.73 Å². The molecule has 1 aliphatic rings. The molecule has 0 aromatic heterocycles. The minimum Gasteiger partial charge on any atom is -0.478 e. The van der Waals surface area contributed by atoms with Crippen molar-refractivity contribution >= 4 is 5.97 Å². The molecule has 1 aromatic carbocycles. The van der Waals surface area contributed by atoms with Crippen LogP contribution in [-0.4, -0.2) is 11.1 Å². The largest absolute Gasteiger partial charge is 0.478 e. The molecule has 0 spiro atoms. The Kier molecular flexibility index (Phi) is 2.00. The lowest BCUT2D eigenvalue weighted by molar-refractivity contribution is 0.0695. The van der Waals surface area contributed by atoms with Crippen LogP contribution in [0.3, 0.4) is 0 Å². The number of carboxylic acid groups (broad SMARTS) is 1. The average molecular weight is 195 g/mol. The molecule has 0 radical (unpaired) electrons. The van der Waals surface area contributed by atoms with Crippen molar-refractivity contribution in [1.29, 1.82) is 0 Å². The predicted molar refractivity (Wildman–Crippen MR) is 48.6 cm³/mol. The van der Waals surface area contributed by atoms with Crippen molar-refractivity contribution in [3.8, 4) is 0 Å². The van der Waals surface area contributed by atoms with Crippen LogP contribution in [0.1, 0.15) is 33.9 Å². The predicted octanol–water partition coefficient (Wildman–Crippen LogP) is 1.47. The number of halogens is 1. The maximum Gasteiger partial charge on any atom is 0.336 e. The highest BCUT2D eigenvalue weighted by Gasteiger charge is 2.25. The fourth-order valence-corrected chi connectivity index (χ4v) is 1.91. The number of hydrogen-bond donors (Lipinski definition) is 2. The van der Waals surface area contributed by atoms with Gasteiger partial charge in [0, 0.05) is 6.04 Å². The van der Waals surface area contributed by atoms with Crippen LogP contribution in [0.25, 0.3) is 0 Å². The van der Waals surface area contributed by atoms with Gasteiger partial charge in [0.1, 0.15) is 5.82 Å². The van der Waals surface area contributed by atoms with Crippen molar-refractivity contribution in [2.24, 2.45) is 5.73 Å². The van der Waals surface area contributed by atoms with Gasteiger partial charge in [-0.25, -0.2) is 9.18 Å². The van der Waals surface area contributed by atoms with Gasteiger partial charge in [0.05, 0.1) is 5.56 Å². The lowest BCUT2D eigenvalue weighted by Gasteiger charge is -2.06. The highest BCUT2D eigenvalue weighted by atomic mass is 19.1. The SMILES string of the molecule is N[C@H]1CCc2c(C(=O)O)cc(F)cc21. The van der Waals surface area contributed by atoms with Gasteiger partial charge in [-0.3, -0.25) is 0 Å². The van der Waals surface area contributed by atoms with Gasteiger partial charge in [0.2, 0.25) is 0 Å². The van der Waals surface area contributed by atoms with Crippen molar-refractivity contribution in [1.82, 2.24) is 0 Å². The maximum atomic E-state index is 13.0. The molecule has 1 aromatic rings. The van der Waals surface area contributed by atoms with Gasteiger partial charge in [0.25, 0.3) is 0 Å². The number of nitrogens with two attached hydrogens (primary N) is 1. The van der Waals surface area contributed by atoms with Gasteiger partial charge in [-0.2, -0.15) is 0 Å². The number of aromatic carboxylic acids is 1. The summed E-state index contributed by atoms with van der Waals surface area (Å²) in [5.74, 6) is -1.62. The number of benzene rings is 1. The van der Waals surface area contributed by atoms with Crippen molar-refractivity contribution in [2.45, 2.75) is 18.9 Å². The minimum atomic E-state index is -1.09. The molecule has 1 atom stereocenters. The summed E-state index contributed by atoms with van der Waals surface area (Å²) in [4.78, 5) is 10.8. The lowest BCUT2D eigenvalue weighted by Crippen LogP contribution is -2.08. The Balaban J connectivity index is 2.63. The molecule has 3 N–H and O–H groups in total. The lowest BCUT2D eigenvalue weighted by atomic mass is 10.0. The summed E-state index contributed by atoms with van der Waals surface area (Å²) in [6, 6.07) is 2.16. The van der Waals surface area contributed by atoms with Crippen LogP contribution in [0.2, 0.25) is 0 Å². The second kappa shape index (κ2) is 3.06. The first-order chi connectivity index (χ1) is 6.59. The van der Waals surface area contributed by atoms with Gasteiger partial charge in [-0.05, 0) is 36.1 Å². The molecule has 0 saturated heterocycles. The summed E-state index contributed by atoms with van der Waals surface area (Å²) >= 11 is 0. The highest BCUT2D eigenvalue weighted by molar-refractivity contribution is 5.90. The highest BCUT2D eigenvalue weighted by Crippen LogP contribution is 2.32. The second-order valence-electron chi connectivity index (χ2n) is 3.47. The molecule has 0 aliphatic heterocycles. The number of rotatable bonds is 1. The Morgan fingerprint density at radius 1 is 1.57 bits per heavy atom. The van der Waals surface area contributed by atoms with Gasteiger partial charge in [0.15, 0.2) is 0 Å². The van der Waals surface area contributed by atoms with E-state index in [2.05, 4.69) is 0 Å². The summed E-state index contributed by atoms with van der Waals surface area (Å²) in [6.07, 6.45) is 1.32. The Hall–Kier alpha value is -1.42. The van der Waals surface area contributed by atoms with E-state index in [0.717, 1.165) is 6.07 Å². The Bertz CT molecular complexity index is 403. The van der Waals surface area contributed by atoms with Crippen LogP contribution >= 0.6 is 0 Å². The third kappa shape index (κ3) is 1.28. The van der Waals surface area contributed by atoms with E-state index in [1.54, 1.807) is 0 Å². The fraction of sp³-hybridized carbons (Fsp3) is 0.300. The molecule has 4 heteroatoms. The molecule has 14 heavy (non-hydrogen) atoms. The molecule has 74 valence electrons. The normalized spacial score (nSPS) is 19.4. The molecule has 0 heterocycles. The van der Waals surface area contributed by atoms with Crippen LogP contribution in [-0.2, 0) is 6.42 Å². The van der Waals surface area contributed by atoms with Gasteiger partial charge in [-0.1, -0.05) is 0 Å². The number of fused-ring (bicyclic) bond motifs is 1. The maximum absolute atomic E-state index is 13.0. The van der Waals surface area contributed by atoms with Gasteiger partial charge in [-0.15, -0.1) is 0 Å². The van der Waals surface area contributed by atoms with E-state index in [1.807, 2.05) is 0 Å². The topological polar surface area (TPSA) is 63.3 Å². The Morgan fingerprint density at radius 3 is 2.93 bits per heavy atom. The number of carbonyl (C=O) groups is 1. The number of hydrogen-bond acceptors (Lipinski definition) is 2. The molecule has 1 aliphatic carbocycles. The summed E-state index contributed by atoms with van der Waals surface area (Å²) < 4.78 is 13.0.